The Labute approximate surface area is 78.7 Å². The predicted octanol–water partition coefficient (Wildman–Crippen LogP) is 0.402. The molecule has 1 aliphatic rings. The van der Waals surface area contributed by atoms with Crippen LogP contribution in [0.3, 0.4) is 0 Å². The van der Waals surface area contributed by atoms with Gasteiger partial charge in [-0.05, 0) is 19.3 Å². The van der Waals surface area contributed by atoms with E-state index in [1.807, 2.05) is 6.92 Å². The Bertz CT molecular complexity index is 180. The summed E-state index contributed by atoms with van der Waals surface area (Å²) in [6.45, 7) is 2.03. The maximum absolute atomic E-state index is 11.4. The van der Waals surface area contributed by atoms with Crippen LogP contribution < -0.4 is 5.84 Å². The third kappa shape index (κ3) is 2.97. The molecule has 1 rings (SSSR count). The monoisotopic (exact) mass is 186 g/mol. The third-order valence-electron chi connectivity index (χ3n) is 2.31. The van der Waals surface area contributed by atoms with Crippen molar-refractivity contribution in [3.63, 3.8) is 0 Å². The fourth-order valence-electron chi connectivity index (χ4n) is 1.23. The van der Waals surface area contributed by atoms with E-state index in [4.69, 9.17) is 5.84 Å². The number of nitrogens with two attached hydrogens (primary N) is 1. The first-order valence-electron chi connectivity index (χ1n) is 4.92. The van der Waals surface area contributed by atoms with Crippen LogP contribution in [0.2, 0.25) is 0 Å². The number of amides is 1. The lowest BCUT2D eigenvalue weighted by Gasteiger charge is -2.19. The van der Waals surface area contributed by atoms with Crippen molar-refractivity contribution >= 4 is 5.91 Å². The molecule has 13 heavy (non-hydrogen) atoms. The van der Waals surface area contributed by atoms with Crippen molar-refractivity contribution in [3.05, 3.63) is 0 Å². The standard InChI is InChI=1S/C9H18N2O2/c1-2-3-4-8(12)9(13)11(10)7-5-6-7/h7-8,12H,2-6,10H2,1H3. The highest BCUT2D eigenvalue weighted by Gasteiger charge is 2.33. The number of aliphatic hydroxyl groups excluding tert-OH is 1. The van der Waals surface area contributed by atoms with Crippen LogP contribution in [0.1, 0.15) is 39.0 Å². The highest BCUT2D eigenvalue weighted by molar-refractivity contribution is 5.80. The maximum Gasteiger partial charge on any atom is 0.265 e. The van der Waals surface area contributed by atoms with E-state index < -0.39 is 6.10 Å². The summed E-state index contributed by atoms with van der Waals surface area (Å²) in [5.41, 5.74) is 0. The molecule has 76 valence electrons. The highest BCUT2D eigenvalue weighted by atomic mass is 16.3. The van der Waals surface area contributed by atoms with Gasteiger partial charge in [0.1, 0.15) is 6.10 Å². The highest BCUT2D eigenvalue weighted by Crippen LogP contribution is 2.24. The van der Waals surface area contributed by atoms with E-state index >= 15 is 0 Å². The van der Waals surface area contributed by atoms with Gasteiger partial charge in [0, 0.05) is 6.04 Å². The van der Waals surface area contributed by atoms with Crippen molar-refractivity contribution in [1.82, 2.24) is 5.01 Å². The molecule has 0 bridgehead atoms. The lowest BCUT2D eigenvalue weighted by Crippen LogP contribution is -2.45. The number of unbranched alkanes of at least 4 members (excludes halogenated alkanes) is 1. The zero-order chi connectivity index (χ0) is 9.84. The van der Waals surface area contributed by atoms with E-state index in [9.17, 15) is 9.90 Å². The Morgan fingerprint density at radius 2 is 2.31 bits per heavy atom. The van der Waals surface area contributed by atoms with E-state index in [-0.39, 0.29) is 11.9 Å². The fraction of sp³-hybridized carbons (Fsp3) is 0.889. The first-order valence-corrected chi connectivity index (χ1v) is 4.92. The lowest BCUT2D eigenvalue weighted by atomic mass is 10.1. The Kier molecular flexibility index (Phi) is 3.69. The Balaban J connectivity index is 2.27. The van der Waals surface area contributed by atoms with E-state index in [1.165, 1.54) is 5.01 Å². The van der Waals surface area contributed by atoms with Gasteiger partial charge in [0.25, 0.3) is 5.91 Å². The predicted molar refractivity (Wildman–Crippen MR) is 49.6 cm³/mol. The first-order chi connectivity index (χ1) is 6.16. The largest absolute Gasteiger partial charge is 0.383 e. The Hall–Kier alpha value is -0.610. The summed E-state index contributed by atoms with van der Waals surface area (Å²) in [7, 11) is 0. The third-order valence-corrected chi connectivity index (χ3v) is 2.31. The molecule has 0 heterocycles. The maximum atomic E-state index is 11.4. The number of carbonyl (C=O) groups is 1. The van der Waals surface area contributed by atoms with Crippen molar-refractivity contribution in [2.45, 2.75) is 51.2 Å². The Morgan fingerprint density at radius 3 is 2.77 bits per heavy atom. The van der Waals surface area contributed by atoms with Crippen LogP contribution in [-0.2, 0) is 4.79 Å². The molecule has 1 saturated carbocycles. The van der Waals surface area contributed by atoms with Gasteiger partial charge in [-0.1, -0.05) is 19.8 Å². The van der Waals surface area contributed by atoms with Crippen LogP contribution in [0, 0.1) is 0 Å². The van der Waals surface area contributed by atoms with Crippen LogP contribution in [0.5, 0.6) is 0 Å². The second-order valence-corrected chi connectivity index (χ2v) is 3.63. The summed E-state index contributed by atoms with van der Waals surface area (Å²) in [5.74, 6) is 5.20. The summed E-state index contributed by atoms with van der Waals surface area (Å²) in [6.07, 6.45) is 3.43. The summed E-state index contributed by atoms with van der Waals surface area (Å²) >= 11 is 0. The summed E-state index contributed by atoms with van der Waals surface area (Å²) in [6, 6.07) is 0.184. The van der Waals surface area contributed by atoms with Gasteiger partial charge in [-0.25, -0.2) is 5.84 Å². The fourth-order valence-corrected chi connectivity index (χ4v) is 1.23. The Morgan fingerprint density at radius 1 is 1.69 bits per heavy atom. The number of hydrogen-bond acceptors (Lipinski definition) is 3. The molecular weight excluding hydrogens is 168 g/mol. The van der Waals surface area contributed by atoms with Crippen LogP contribution in [0.4, 0.5) is 0 Å². The minimum absolute atomic E-state index is 0.184. The minimum atomic E-state index is -0.898. The second kappa shape index (κ2) is 4.58. The van der Waals surface area contributed by atoms with Gasteiger partial charge in [-0.3, -0.25) is 9.80 Å². The van der Waals surface area contributed by atoms with Crippen molar-refractivity contribution in [2.75, 3.05) is 0 Å². The van der Waals surface area contributed by atoms with Crippen LogP contribution >= 0.6 is 0 Å². The zero-order valence-corrected chi connectivity index (χ0v) is 8.07. The first kappa shape index (κ1) is 10.5. The van der Waals surface area contributed by atoms with E-state index in [0.29, 0.717) is 6.42 Å². The smallest absolute Gasteiger partial charge is 0.265 e. The molecule has 1 fully saturated rings. The molecule has 1 amide bonds. The molecule has 0 aromatic carbocycles. The molecule has 4 nitrogen and oxygen atoms in total. The van der Waals surface area contributed by atoms with Crippen molar-refractivity contribution in [1.29, 1.82) is 0 Å². The summed E-state index contributed by atoms with van der Waals surface area (Å²) in [4.78, 5) is 11.4. The van der Waals surface area contributed by atoms with Gasteiger partial charge in [0.15, 0.2) is 0 Å². The number of rotatable bonds is 5. The molecular formula is C9H18N2O2. The van der Waals surface area contributed by atoms with Crippen molar-refractivity contribution < 1.29 is 9.90 Å². The van der Waals surface area contributed by atoms with E-state index in [1.54, 1.807) is 0 Å². The number of hydrogen-bond donors (Lipinski definition) is 2. The number of carbonyl (C=O) groups excluding carboxylic acids is 1. The molecule has 0 radical (unpaired) electrons. The van der Waals surface area contributed by atoms with Gasteiger partial charge in [0.2, 0.25) is 0 Å². The molecule has 0 aliphatic heterocycles. The molecule has 0 aromatic heterocycles. The van der Waals surface area contributed by atoms with Crippen molar-refractivity contribution in [2.24, 2.45) is 5.84 Å². The van der Waals surface area contributed by atoms with Gasteiger partial charge in [-0.2, -0.15) is 0 Å². The number of aliphatic hydroxyl groups is 1. The summed E-state index contributed by atoms with van der Waals surface area (Å²) in [5, 5.41) is 10.6. The van der Waals surface area contributed by atoms with E-state index in [2.05, 4.69) is 0 Å². The average molecular weight is 186 g/mol. The van der Waals surface area contributed by atoms with Gasteiger partial charge >= 0.3 is 0 Å². The van der Waals surface area contributed by atoms with Gasteiger partial charge < -0.3 is 5.11 Å². The van der Waals surface area contributed by atoms with Gasteiger partial charge in [-0.15, -0.1) is 0 Å². The number of nitrogens with zero attached hydrogens (tertiary/aromatic N) is 1. The molecule has 4 heteroatoms. The van der Waals surface area contributed by atoms with E-state index in [0.717, 1.165) is 25.7 Å². The van der Waals surface area contributed by atoms with Crippen molar-refractivity contribution in [3.8, 4) is 0 Å². The zero-order valence-electron chi connectivity index (χ0n) is 8.07. The molecule has 3 N–H and O–H groups in total. The quantitative estimate of drug-likeness (QED) is 0.371. The van der Waals surface area contributed by atoms with Gasteiger partial charge in [0.05, 0.1) is 0 Å². The minimum Gasteiger partial charge on any atom is -0.383 e. The normalized spacial score (nSPS) is 18.4. The molecule has 0 spiro atoms. The van der Waals surface area contributed by atoms with Crippen LogP contribution in [-0.4, -0.2) is 28.2 Å². The second-order valence-electron chi connectivity index (χ2n) is 3.63. The number of hydrazine groups is 1. The molecule has 1 aliphatic carbocycles. The average Bonchev–Trinajstić information content (AvgIpc) is 2.94. The molecule has 0 saturated heterocycles. The van der Waals surface area contributed by atoms with Crippen LogP contribution in [0.25, 0.3) is 0 Å². The molecule has 1 atom stereocenters. The molecule has 1 unspecified atom stereocenters. The lowest BCUT2D eigenvalue weighted by molar-refractivity contribution is -0.141. The topological polar surface area (TPSA) is 66.6 Å². The van der Waals surface area contributed by atoms with Crippen LogP contribution in [0.15, 0.2) is 0 Å². The molecule has 0 aromatic rings. The summed E-state index contributed by atoms with van der Waals surface area (Å²) < 4.78 is 0. The SMILES string of the molecule is CCCCC(O)C(=O)N(N)C1CC1.